The van der Waals surface area contributed by atoms with Crippen LogP contribution in [0.25, 0.3) is 0 Å². The second kappa shape index (κ2) is 2.48. The summed E-state index contributed by atoms with van der Waals surface area (Å²) in [5.74, 6) is 0. The molecule has 0 fully saturated rings. The number of rotatable bonds is 0. The zero-order valence-corrected chi connectivity index (χ0v) is 6.74. The molecule has 0 aromatic rings. The Morgan fingerprint density at radius 1 is 1.75 bits per heavy atom. The van der Waals surface area contributed by atoms with Gasteiger partial charge in [0.25, 0.3) is 0 Å². The number of alkyl halides is 1. The molecule has 0 saturated heterocycles. The summed E-state index contributed by atoms with van der Waals surface area (Å²) in [6.07, 6.45) is 5.65. The molecule has 0 aromatic carbocycles. The van der Waals surface area contributed by atoms with Crippen LogP contribution in [0, 0.1) is 0 Å². The molecule has 0 aliphatic carbocycles. The SMILES string of the molecule is CN1C=CN=CC1I. The van der Waals surface area contributed by atoms with Gasteiger partial charge in [0.1, 0.15) is 4.05 Å². The third-order valence-electron chi connectivity index (χ3n) is 0.986. The van der Waals surface area contributed by atoms with Crippen molar-refractivity contribution in [2.45, 2.75) is 4.05 Å². The van der Waals surface area contributed by atoms with E-state index in [1.165, 1.54) is 0 Å². The molecule has 1 aliphatic heterocycles. The van der Waals surface area contributed by atoms with Crippen molar-refractivity contribution in [3.8, 4) is 0 Å². The van der Waals surface area contributed by atoms with Gasteiger partial charge in [-0.15, -0.1) is 0 Å². The summed E-state index contributed by atoms with van der Waals surface area (Å²) in [6, 6.07) is 0. The summed E-state index contributed by atoms with van der Waals surface area (Å²) in [5.41, 5.74) is 0. The molecule has 0 amide bonds. The van der Waals surface area contributed by atoms with Gasteiger partial charge in [0.2, 0.25) is 0 Å². The summed E-state index contributed by atoms with van der Waals surface area (Å²) in [5, 5.41) is 0. The van der Waals surface area contributed by atoms with Crippen molar-refractivity contribution < 1.29 is 0 Å². The van der Waals surface area contributed by atoms with E-state index in [4.69, 9.17) is 0 Å². The highest BCUT2D eigenvalue weighted by atomic mass is 127. The van der Waals surface area contributed by atoms with Crippen molar-refractivity contribution in [2.24, 2.45) is 4.99 Å². The standard InChI is InChI=1S/C5H7IN2/c1-8-3-2-7-4-5(8)6/h2-5H,1H3. The summed E-state index contributed by atoms with van der Waals surface area (Å²) in [6.45, 7) is 0. The molecule has 2 nitrogen and oxygen atoms in total. The highest BCUT2D eigenvalue weighted by Crippen LogP contribution is 2.06. The van der Waals surface area contributed by atoms with Gasteiger partial charge in [0, 0.05) is 25.7 Å². The van der Waals surface area contributed by atoms with Crippen molar-refractivity contribution in [3.63, 3.8) is 0 Å². The first-order valence-electron chi connectivity index (χ1n) is 2.36. The molecule has 3 heteroatoms. The fraction of sp³-hybridized carbons (Fsp3) is 0.400. The van der Waals surface area contributed by atoms with E-state index in [1.807, 2.05) is 19.5 Å². The first-order chi connectivity index (χ1) is 3.80. The number of halogens is 1. The molecule has 0 radical (unpaired) electrons. The largest absolute Gasteiger partial charge is 0.363 e. The van der Waals surface area contributed by atoms with Crippen LogP contribution in [0.4, 0.5) is 0 Å². The topological polar surface area (TPSA) is 15.6 Å². The van der Waals surface area contributed by atoms with E-state index in [0.29, 0.717) is 4.05 Å². The second-order valence-electron chi connectivity index (χ2n) is 1.63. The lowest BCUT2D eigenvalue weighted by Gasteiger charge is -2.18. The Kier molecular flexibility index (Phi) is 1.88. The average Bonchev–Trinajstić information content (AvgIpc) is 1.77. The third kappa shape index (κ3) is 1.21. The maximum Gasteiger partial charge on any atom is 0.116 e. The van der Waals surface area contributed by atoms with Crippen LogP contribution in [-0.2, 0) is 0 Å². The van der Waals surface area contributed by atoms with E-state index in [1.54, 1.807) is 6.20 Å². The van der Waals surface area contributed by atoms with Gasteiger partial charge >= 0.3 is 0 Å². The molecule has 1 rings (SSSR count). The average molecular weight is 222 g/mol. The molecule has 1 heterocycles. The van der Waals surface area contributed by atoms with Gasteiger partial charge in [-0.3, -0.25) is 4.99 Å². The van der Waals surface area contributed by atoms with Crippen molar-refractivity contribution >= 4 is 28.8 Å². The molecule has 44 valence electrons. The first-order valence-corrected chi connectivity index (χ1v) is 3.61. The minimum absolute atomic E-state index is 0.428. The van der Waals surface area contributed by atoms with Crippen LogP contribution in [0.15, 0.2) is 17.4 Å². The summed E-state index contributed by atoms with van der Waals surface area (Å²) < 4.78 is 0.428. The highest BCUT2D eigenvalue weighted by Gasteiger charge is 2.03. The zero-order valence-electron chi connectivity index (χ0n) is 4.58. The quantitative estimate of drug-likeness (QED) is 0.342. The minimum Gasteiger partial charge on any atom is -0.363 e. The van der Waals surface area contributed by atoms with Gasteiger partial charge in [-0.1, -0.05) is 22.6 Å². The lowest BCUT2D eigenvalue weighted by Crippen LogP contribution is -2.23. The van der Waals surface area contributed by atoms with Crippen LogP contribution in [0.2, 0.25) is 0 Å². The van der Waals surface area contributed by atoms with E-state index in [-0.39, 0.29) is 0 Å². The van der Waals surface area contributed by atoms with E-state index in [2.05, 4.69) is 32.5 Å². The van der Waals surface area contributed by atoms with Gasteiger partial charge in [0.05, 0.1) is 0 Å². The second-order valence-corrected chi connectivity index (χ2v) is 2.91. The molecule has 0 spiro atoms. The van der Waals surface area contributed by atoms with E-state index < -0.39 is 0 Å². The first kappa shape index (κ1) is 6.07. The van der Waals surface area contributed by atoms with Gasteiger partial charge in [-0.2, -0.15) is 0 Å². The lowest BCUT2D eigenvalue weighted by atomic mass is 10.5. The Morgan fingerprint density at radius 3 is 2.88 bits per heavy atom. The molecular formula is C5H7IN2. The van der Waals surface area contributed by atoms with Crippen molar-refractivity contribution in [1.82, 2.24) is 4.90 Å². The molecule has 1 unspecified atom stereocenters. The Bertz CT molecular complexity index is 114. The highest BCUT2D eigenvalue weighted by molar-refractivity contribution is 14.1. The van der Waals surface area contributed by atoms with Crippen LogP contribution in [0.3, 0.4) is 0 Å². The van der Waals surface area contributed by atoms with E-state index in [9.17, 15) is 0 Å². The zero-order chi connectivity index (χ0) is 5.98. The maximum atomic E-state index is 3.95. The van der Waals surface area contributed by atoms with E-state index >= 15 is 0 Å². The number of nitrogens with zero attached hydrogens (tertiary/aromatic N) is 2. The normalized spacial score (nSPS) is 26.8. The third-order valence-corrected chi connectivity index (χ3v) is 2.19. The van der Waals surface area contributed by atoms with Gasteiger partial charge in [0.15, 0.2) is 0 Å². The van der Waals surface area contributed by atoms with Crippen LogP contribution in [0.1, 0.15) is 0 Å². The van der Waals surface area contributed by atoms with E-state index in [0.717, 1.165) is 0 Å². The Labute approximate surface area is 62.4 Å². The van der Waals surface area contributed by atoms with Crippen LogP contribution < -0.4 is 0 Å². The number of hydrogen-bond donors (Lipinski definition) is 0. The van der Waals surface area contributed by atoms with Crippen molar-refractivity contribution in [1.29, 1.82) is 0 Å². The molecule has 8 heavy (non-hydrogen) atoms. The maximum absolute atomic E-state index is 3.95. The lowest BCUT2D eigenvalue weighted by molar-refractivity contribution is 0.506. The minimum atomic E-state index is 0.428. The molecule has 0 saturated carbocycles. The fourth-order valence-electron chi connectivity index (χ4n) is 0.452. The summed E-state index contributed by atoms with van der Waals surface area (Å²) in [7, 11) is 2.03. The van der Waals surface area contributed by atoms with Gasteiger partial charge in [-0.25, -0.2) is 0 Å². The molecule has 0 aromatic heterocycles. The summed E-state index contributed by atoms with van der Waals surface area (Å²) >= 11 is 2.31. The number of aliphatic imine (C=N–C) groups is 1. The monoisotopic (exact) mass is 222 g/mol. The predicted molar refractivity (Wildman–Crippen MR) is 43.2 cm³/mol. The van der Waals surface area contributed by atoms with Crippen LogP contribution in [0.5, 0.6) is 0 Å². The Morgan fingerprint density at radius 2 is 2.50 bits per heavy atom. The van der Waals surface area contributed by atoms with Crippen LogP contribution >= 0.6 is 22.6 Å². The molecular weight excluding hydrogens is 215 g/mol. The molecule has 1 atom stereocenters. The summed E-state index contributed by atoms with van der Waals surface area (Å²) in [4.78, 5) is 6.04. The van der Waals surface area contributed by atoms with Gasteiger partial charge < -0.3 is 4.90 Å². The smallest absolute Gasteiger partial charge is 0.116 e. The van der Waals surface area contributed by atoms with Crippen molar-refractivity contribution in [3.05, 3.63) is 12.4 Å². The van der Waals surface area contributed by atoms with Crippen LogP contribution in [-0.4, -0.2) is 22.2 Å². The Balaban J connectivity index is 2.59. The Hall–Kier alpha value is -0.0600. The molecule has 1 aliphatic rings. The van der Waals surface area contributed by atoms with Crippen molar-refractivity contribution in [2.75, 3.05) is 7.05 Å². The molecule has 0 N–H and O–H groups in total. The van der Waals surface area contributed by atoms with Gasteiger partial charge in [-0.05, 0) is 0 Å². The molecule has 0 bridgehead atoms. The fourth-order valence-corrected chi connectivity index (χ4v) is 0.823. The predicted octanol–water partition coefficient (Wildman–Crippen LogP) is 1.23. The number of hydrogen-bond acceptors (Lipinski definition) is 2.